The lowest BCUT2D eigenvalue weighted by Gasteiger charge is -2.14. The summed E-state index contributed by atoms with van der Waals surface area (Å²) < 4.78 is 13.5. The summed E-state index contributed by atoms with van der Waals surface area (Å²) in [6.45, 7) is 6.74. The SMILES string of the molecule is Cc1cc(-c2ccccc2CNC(C)C)c(Cl)cc1F. The zero-order valence-electron chi connectivity index (χ0n) is 12.0. The topological polar surface area (TPSA) is 12.0 Å². The maximum absolute atomic E-state index is 13.5. The Morgan fingerprint density at radius 2 is 1.85 bits per heavy atom. The summed E-state index contributed by atoms with van der Waals surface area (Å²) in [6.07, 6.45) is 0. The predicted molar refractivity (Wildman–Crippen MR) is 83.6 cm³/mol. The van der Waals surface area contributed by atoms with Gasteiger partial charge in [0.25, 0.3) is 0 Å². The first-order valence-electron chi connectivity index (χ1n) is 6.76. The van der Waals surface area contributed by atoms with E-state index in [-0.39, 0.29) is 5.82 Å². The van der Waals surface area contributed by atoms with Crippen LogP contribution in [0.1, 0.15) is 25.0 Å². The fourth-order valence-corrected chi connectivity index (χ4v) is 2.37. The van der Waals surface area contributed by atoms with Crippen LogP contribution in [0.15, 0.2) is 36.4 Å². The van der Waals surface area contributed by atoms with Crippen LogP contribution in [0.4, 0.5) is 4.39 Å². The molecule has 2 aromatic carbocycles. The van der Waals surface area contributed by atoms with Crippen molar-refractivity contribution in [1.82, 2.24) is 5.32 Å². The van der Waals surface area contributed by atoms with E-state index < -0.39 is 0 Å². The lowest BCUT2D eigenvalue weighted by atomic mass is 9.98. The molecule has 0 fully saturated rings. The van der Waals surface area contributed by atoms with Gasteiger partial charge in [-0.2, -0.15) is 0 Å². The first-order chi connectivity index (χ1) is 9.49. The molecular weight excluding hydrogens is 273 g/mol. The highest BCUT2D eigenvalue weighted by molar-refractivity contribution is 6.33. The monoisotopic (exact) mass is 291 g/mol. The van der Waals surface area contributed by atoms with Crippen molar-refractivity contribution in [2.45, 2.75) is 33.4 Å². The molecule has 0 saturated heterocycles. The van der Waals surface area contributed by atoms with Crippen molar-refractivity contribution in [1.29, 1.82) is 0 Å². The first kappa shape index (κ1) is 15.0. The number of halogens is 2. The number of rotatable bonds is 4. The smallest absolute Gasteiger partial charge is 0.127 e. The average molecular weight is 292 g/mol. The third kappa shape index (κ3) is 3.38. The second kappa shape index (κ2) is 6.38. The molecule has 0 heterocycles. The van der Waals surface area contributed by atoms with E-state index in [9.17, 15) is 4.39 Å². The summed E-state index contributed by atoms with van der Waals surface area (Å²) in [5.74, 6) is -0.267. The summed E-state index contributed by atoms with van der Waals surface area (Å²) in [5.41, 5.74) is 3.70. The van der Waals surface area contributed by atoms with Gasteiger partial charge < -0.3 is 5.32 Å². The van der Waals surface area contributed by atoms with Crippen molar-refractivity contribution in [3.8, 4) is 11.1 Å². The molecule has 0 aliphatic rings. The van der Waals surface area contributed by atoms with E-state index in [1.54, 1.807) is 6.92 Å². The molecule has 0 bridgehead atoms. The van der Waals surface area contributed by atoms with Gasteiger partial charge in [0.15, 0.2) is 0 Å². The van der Waals surface area contributed by atoms with Gasteiger partial charge >= 0.3 is 0 Å². The van der Waals surface area contributed by atoms with E-state index in [0.29, 0.717) is 16.6 Å². The minimum absolute atomic E-state index is 0.267. The van der Waals surface area contributed by atoms with Crippen LogP contribution in [0.2, 0.25) is 5.02 Å². The summed E-state index contributed by atoms with van der Waals surface area (Å²) in [5, 5.41) is 3.85. The Bertz CT molecular complexity index is 608. The summed E-state index contributed by atoms with van der Waals surface area (Å²) in [7, 11) is 0. The fraction of sp³-hybridized carbons (Fsp3) is 0.294. The third-order valence-electron chi connectivity index (χ3n) is 3.26. The van der Waals surface area contributed by atoms with Crippen molar-refractivity contribution < 1.29 is 4.39 Å². The van der Waals surface area contributed by atoms with Gasteiger partial charge in [-0.25, -0.2) is 4.39 Å². The Labute approximate surface area is 124 Å². The van der Waals surface area contributed by atoms with Gasteiger partial charge in [-0.05, 0) is 35.7 Å². The van der Waals surface area contributed by atoms with Gasteiger partial charge in [0, 0.05) is 18.2 Å². The second-order valence-corrected chi connectivity index (χ2v) is 5.68. The van der Waals surface area contributed by atoms with Crippen LogP contribution >= 0.6 is 11.6 Å². The average Bonchev–Trinajstić information content (AvgIpc) is 2.41. The van der Waals surface area contributed by atoms with Crippen molar-refractivity contribution in [3.63, 3.8) is 0 Å². The van der Waals surface area contributed by atoms with Crippen LogP contribution in [-0.4, -0.2) is 6.04 Å². The molecule has 1 nitrogen and oxygen atoms in total. The molecule has 3 heteroatoms. The highest BCUT2D eigenvalue weighted by Crippen LogP contribution is 2.32. The molecule has 2 rings (SSSR count). The maximum Gasteiger partial charge on any atom is 0.127 e. The van der Waals surface area contributed by atoms with Gasteiger partial charge in [-0.3, -0.25) is 0 Å². The molecule has 0 aromatic heterocycles. The Morgan fingerprint density at radius 3 is 2.55 bits per heavy atom. The van der Waals surface area contributed by atoms with Crippen LogP contribution in [0.3, 0.4) is 0 Å². The number of hydrogen-bond acceptors (Lipinski definition) is 1. The van der Waals surface area contributed by atoms with Crippen LogP contribution in [0, 0.1) is 12.7 Å². The molecule has 0 aliphatic heterocycles. The Balaban J connectivity index is 2.45. The van der Waals surface area contributed by atoms with E-state index in [4.69, 9.17) is 11.6 Å². The summed E-state index contributed by atoms with van der Waals surface area (Å²) in [4.78, 5) is 0. The summed E-state index contributed by atoms with van der Waals surface area (Å²) in [6, 6.07) is 11.7. The van der Waals surface area contributed by atoms with Crippen molar-refractivity contribution >= 4 is 11.6 Å². The van der Waals surface area contributed by atoms with E-state index >= 15 is 0 Å². The van der Waals surface area contributed by atoms with Crippen molar-refractivity contribution in [2.75, 3.05) is 0 Å². The minimum Gasteiger partial charge on any atom is -0.310 e. The zero-order valence-corrected chi connectivity index (χ0v) is 12.8. The van der Waals surface area contributed by atoms with E-state index in [1.165, 1.54) is 6.07 Å². The van der Waals surface area contributed by atoms with E-state index in [0.717, 1.165) is 23.2 Å². The van der Waals surface area contributed by atoms with Gasteiger partial charge in [0.2, 0.25) is 0 Å². The van der Waals surface area contributed by atoms with Gasteiger partial charge in [-0.1, -0.05) is 49.7 Å². The largest absolute Gasteiger partial charge is 0.310 e. The number of aryl methyl sites for hydroxylation is 1. The molecule has 0 atom stereocenters. The molecule has 2 aromatic rings. The van der Waals surface area contributed by atoms with Gasteiger partial charge in [0.05, 0.1) is 5.02 Å². The minimum atomic E-state index is -0.267. The summed E-state index contributed by atoms with van der Waals surface area (Å²) >= 11 is 6.21. The molecule has 1 N–H and O–H groups in total. The number of hydrogen-bond donors (Lipinski definition) is 1. The molecule has 0 radical (unpaired) electrons. The highest BCUT2D eigenvalue weighted by atomic mass is 35.5. The number of benzene rings is 2. The maximum atomic E-state index is 13.5. The first-order valence-corrected chi connectivity index (χ1v) is 7.14. The van der Waals surface area contributed by atoms with Crippen molar-refractivity contribution in [2.24, 2.45) is 0 Å². The molecule has 0 amide bonds. The molecule has 0 unspecified atom stereocenters. The lowest BCUT2D eigenvalue weighted by molar-refractivity contribution is 0.589. The Morgan fingerprint density at radius 1 is 1.15 bits per heavy atom. The quantitative estimate of drug-likeness (QED) is 0.840. The van der Waals surface area contributed by atoms with E-state index in [1.807, 2.05) is 24.3 Å². The molecule has 0 spiro atoms. The standard InChI is InChI=1S/C17H19ClFN/c1-11(2)20-10-13-6-4-5-7-14(13)15-8-12(3)17(19)9-16(15)18/h4-9,11,20H,10H2,1-3H3. The molecule has 20 heavy (non-hydrogen) atoms. The van der Waals surface area contributed by atoms with Crippen molar-refractivity contribution in [3.05, 3.63) is 58.4 Å². The van der Waals surface area contributed by atoms with Crippen LogP contribution < -0.4 is 5.32 Å². The normalized spacial score (nSPS) is 11.1. The van der Waals surface area contributed by atoms with E-state index in [2.05, 4.69) is 25.2 Å². The predicted octanol–water partition coefficient (Wildman–Crippen LogP) is 4.95. The molecular formula is C17H19ClFN. The van der Waals surface area contributed by atoms with Crippen LogP contribution in [0.25, 0.3) is 11.1 Å². The van der Waals surface area contributed by atoms with Crippen LogP contribution in [0.5, 0.6) is 0 Å². The molecule has 106 valence electrons. The molecule has 0 aliphatic carbocycles. The Kier molecular flexibility index (Phi) is 4.79. The highest BCUT2D eigenvalue weighted by Gasteiger charge is 2.11. The fourth-order valence-electron chi connectivity index (χ4n) is 2.11. The zero-order chi connectivity index (χ0) is 14.7. The lowest BCUT2D eigenvalue weighted by Crippen LogP contribution is -2.22. The second-order valence-electron chi connectivity index (χ2n) is 5.27. The molecule has 0 saturated carbocycles. The van der Waals surface area contributed by atoms with Gasteiger partial charge in [-0.15, -0.1) is 0 Å². The third-order valence-corrected chi connectivity index (χ3v) is 3.57. The Hall–Kier alpha value is -1.38. The van der Waals surface area contributed by atoms with Crippen LogP contribution in [-0.2, 0) is 6.54 Å². The number of nitrogens with one attached hydrogen (secondary N) is 1. The van der Waals surface area contributed by atoms with Gasteiger partial charge in [0.1, 0.15) is 5.82 Å².